The summed E-state index contributed by atoms with van der Waals surface area (Å²) in [4.78, 5) is 18.0. The second-order valence-electron chi connectivity index (χ2n) is 4.54. The molecule has 4 nitrogen and oxygen atoms in total. The van der Waals surface area contributed by atoms with Crippen LogP contribution < -0.4 is 5.73 Å². The summed E-state index contributed by atoms with van der Waals surface area (Å²) in [5.41, 5.74) is 6.94. The van der Waals surface area contributed by atoms with Crippen LogP contribution >= 0.6 is 0 Å². The summed E-state index contributed by atoms with van der Waals surface area (Å²) in [7, 11) is 0. The molecule has 1 aliphatic rings. The summed E-state index contributed by atoms with van der Waals surface area (Å²) in [5.74, 6) is 0.168. The van der Waals surface area contributed by atoms with Gasteiger partial charge >= 0.3 is 0 Å². The number of nitrogens with zero attached hydrogens (tertiary/aromatic N) is 2. The molecule has 0 saturated carbocycles. The quantitative estimate of drug-likeness (QED) is 0.860. The number of amides is 1. The molecule has 1 fully saturated rings. The van der Waals surface area contributed by atoms with Crippen molar-refractivity contribution >= 4 is 5.91 Å². The monoisotopic (exact) mass is 233 g/mol. The average Bonchev–Trinajstić information content (AvgIpc) is 2.40. The maximum atomic E-state index is 12.0. The van der Waals surface area contributed by atoms with Gasteiger partial charge in [-0.05, 0) is 30.9 Å². The Bertz CT molecular complexity index is 360. The third-order valence-corrected chi connectivity index (χ3v) is 3.22. The standard InChI is InChI=1S/C13H19N3O/c14-12(11-5-4-6-15-10-11)9-13(17)16-7-2-1-3-8-16/h4-6,10,12H,1-3,7-9,14H2. The Kier molecular flexibility index (Phi) is 4.09. The van der Waals surface area contributed by atoms with Gasteiger partial charge in [0.05, 0.1) is 0 Å². The van der Waals surface area contributed by atoms with E-state index >= 15 is 0 Å². The van der Waals surface area contributed by atoms with Crippen LogP contribution in [0.3, 0.4) is 0 Å². The molecule has 1 aromatic rings. The van der Waals surface area contributed by atoms with Crippen LogP contribution in [0, 0.1) is 0 Å². The summed E-state index contributed by atoms with van der Waals surface area (Å²) in [6.45, 7) is 1.77. The number of nitrogens with two attached hydrogens (primary N) is 1. The van der Waals surface area contributed by atoms with E-state index in [-0.39, 0.29) is 11.9 Å². The van der Waals surface area contributed by atoms with Crippen molar-refractivity contribution in [3.63, 3.8) is 0 Å². The van der Waals surface area contributed by atoms with Gasteiger partial charge < -0.3 is 10.6 Å². The minimum Gasteiger partial charge on any atom is -0.343 e. The normalized spacial score (nSPS) is 17.8. The molecule has 1 atom stereocenters. The van der Waals surface area contributed by atoms with Crippen molar-refractivity contribution in [1.82, 2.24) is 9.88 Å². The second-order valence-corrected chi connectivity index (χ2v) is 4.54. The van der Waals surface area contributed by atoms with Gasteiger partial charge in [-0.2, -0.15) is 0 Å². The first-order valence-electron chi connectivity index (χ1n) is 6.20. The number of aromatic nitrogens is 1. The SMILES string of the molecule is NC(CC(=O)N1CCCCC1)c1cccnc1. The first-order valence-corrected chi connectivity index (χ1v) is 6.20. The zero-order chi connectivity index (χ0) is 12.1. The van der Waals surface area contributed by atoms with Gasteiger partial charge in [0.25, 0.3) is 0 Å². The van der Waals surface area contributed by atoms with Crippen molar-refractivity contribution in [2.75, 3.05) is 13.1 Å². The molecule has 1 unspecified atom stereocenters. The number of carbonyl (C=O) groups excluding carboxylic acids is 1. The molecule has 1 aromatic heterocycles. The molecule has 0 aliphatic carbocycles. The highest BCUT2D eigenvalue weighted by Crippen LogP contribution is 2.16. The lowest BCUT2D eigenvalue weighted by atomic mass is 10.0. The van der Waals surface area contributed by atoms with E-state index in [1.807, 2.05) is 17.0 Å². The summed E-state index contributed by atoms with van der Waals surface area (Å²) in [5, 5.41) is 0. The Morgan fingerprint density at radius 3 is 2.82 bits per heavy atom. The molecule has 0 radical (unpaired) electrons. The smallest absolute Gasteiger partial charge is 0.224 e. The minimum absolute atomic E-state index is 0.168. The van der Waals surface area contributed by atoms with E-state index in [0.29, 0.717) is 6.42 Å². The van der Waals surface area contributed by atoms with Crippen molar-refractivity contribution in [1.29, 1.82) is 0 Å². The highest BCUT2D eigenvalue weighted by molar-refractivity contribution is 5.77. The van der Waals surface area contributed by atoms with E-state index in [9.17, 15) is 4.79 Å². The molecular formula is C13H19N3O. The van der Waals surface area contributed by atoms with Gasteiger partial charge in [0.15, 0.2) is 0 Å². The zero-order valence-electron chi connectivity index (χ0n) is 10.0. The lowest BCUT2D eigenvalue weighted by Gasteiger charge is -2.27. The molecule has 0 aromatic carbocycles. The molecule has 92 valence electrons. The molecule has 4 heteroatoms. The fourth-order valence-electron chi connectivity index (χ4n) is 2.17. The van der Waals surface area contributed by atoms with Crippen LogP contribution in [0.15, 0.2) is 24.5 Å². The van der Waals surface area contributed by atoms with Crippen LogP contribution in [0.4, 0.5) is 0 Å². The number of carbonyl (C=O) groups is 1. The number of piperidine rings is 1. The predicted molar refractivity (Wildman–Crippen MR) is 66.2 cm³/mol. The van der Waals surface area contributed by atoms with Gasteiger partial charge in [0.2, 0.25) is 5.91 Å². The third-order valence-electron chi connectivity index (χ3n) is 3.22. The maximum absolute atomic E-state index is 12.0. The largest absolute Gasteiger partial charge is 0.343 e. The molecule has 0 bridgehead atoms. The number of hydrogen-bond donors (Lipinski definition) is 1. The predicted octanol–water partition coefficient (Wildman–Crippen LogP) is 1.48. The summed E-state index contributed by atoms with van der Waals surface area (Å²) >= 11 is 0. The number of likely N-dealkylation sites (tertiary alicyclic amines) is 1. The van der Waals surface area contributed by atoms with E-state index < -0.39 is 0 Å². The van der Waals surface area contributed by atoms with Gasteiger partial charge in [0.1, 0.15) is 0 Å². The highest BCUT2D eigenvalue weighted by Gasteiger charge is 2.19. The van der Waals surface area contributed by atoms with Crippen LogP contribution in [0.2, 0.25) is 0 Å². The Balaban J connectivity index is 1.89. The molecular weight excluding hydrogens is 214 g/mol. The molecule has 2 rings (SSSR count). The van der Waals surface area contributed by atoms with Crippen LogP contribution in [0.5, 0.6) is 0 Å². The Morgan fingerprint density at radius 2 is 2.18 bits per heavy atom. The second kappa shape index (κ2) is 5.77. The van der Waals surface area contributed by atoms with Crippen molar-refractivity contribution in [3.8, 4) is 0 Å². The topological polar surface area (TPSA) is 59.2 Å². The lowest BCUT2D eigenvalue weighted by molar-refractivity contribution is -0.132. The molecule has 2 N–H and O–H groups in total. The van der Waals surface area contributed by atoms with Gasteiger partial charge in [-0.1, -0.05) is 6.07 Å². The van der Waals surface area contributed by atoms with E-state index in [4.69, 9.17) is 5.73 Å². The first kappa shape index (κ1) is 12.0. The minimum atomic E-state index is -0.238. The highest BCUT2D eigenvalue weighted by atomic mass is 16.2. The van der Waals surface area contributed by atoms with E-state index in [1.165, 1.54) is 6.42 Å². The van der Waals surface area contributed by atoms with E-state index in [2.05, 4.69) is 4.98 Å². The number of rotatable bonds is 3. The van der Waals surface area contributed by atoms with Crippen molar-refractivity contribution in [3.05, 3.63) is 30.1 Å². The van der Waals surface area contributed by atoms with Gasteiger partial charge in [-0.3, -0.25) is 9.78 Å². The Hall–Kier alpha value is -1.42. The summed E-state index contributed by atoms with van der Waals surface area (Å²) in [6, 6.07) is 3.53. The third kappa shape index (κ3) is 3.27. The van der Waals surface area contributed by atoms with Crippen LogP contribution in [-0.2, 0) is 4.79 Å². The zero-order valence-corrected chi connectivity index (χ0v) is 10.0. The van der Waals surface area contributed by atoms with Crippen molar-refractivity contribution < 1.29 is 4.79 Å². The van der Waals surface area contributed by atoms with Crippen LogP contribution in [0.1, 0.15) is 37.3 Å². The summed E-state index contributed by atoms with van der Waals surface area (Å²) in [6.07, 6.45) is 7.29. The van der Waals surface area contributed by atoms with Gasteiger partial charge in [0, 0.05) is 37.9 Å². The first-order chi connectivity index (χ1) is 8.27. The molecule has 2 heterocycles. The fourth-order valence-corrected chi connectivity index (χ4v) is 2.17. The van der Waals surface area contributed by atoms with Gasteiger partial charge in [-0.15, -0.1) is 0 Å². The number of pyridine rings is 1. The average molecular weight is 233 g/mol. The molecule has 1 amide bonds. The Labute approximate surface area is 102 Å². The maximum Gasteiger partial charge on any atom is 0.224 e. The van der Waals surface area contributed by atoms with Crippen molar-refractivity contribution in [2.45, 2.75) is 31.7 Å². The lowest BCUT2D eigenvalue weighted by Crippen LogP contribution is -2.37. The van der Waals surface area contributed by atoms with E-state index in [1.54, 1.807) is 12.4 Å². The summed E-state index contributed by atoms with van der Waals surface area (Å²) < 4.78 is 0. The van der Waals surface area contributed by atoms with Crippen LogP contribution in [0.25, 0.3) is 0 Å². The van der Waals surface area contributed by atoms with Crippen LogP contribution in [-0.4, -0.2) is 28.9 Å². The molecule has 1 aliphatic heterocycles. The molecule has 0 spiro atoms. The number of hydrogen-bond acceptors (Lipinski definition) is 3. The Morgan fingerprint density at radius 1 is 1.41 bits per heavy atom. The van der Waals surface area contributed by atoms with Gasteiger partial charge in [-0.25, -0.2) is 0 Å². The fraction of sp³-hybridized carbons (Fsp3) is 0.538. The molecule has 17 heavy (non-hydrogen) atoms. The molecule has 1 saturated heterocycles. The van der Waals surface area contributed by atoms with Crippen molar-refractivity contribution in [2.24, 2.45) is 5.73 Å². The van der Waals surface area contributed by atoms with E-state index in [0.717, 1.165) is 31.5 Å².